The second-order valence-corrected chi connectivity index (χ2v) is 8.46. The molecule has 1 aliphatic heterocycles. The minimum atomic E-state index is -3.33. The molecule has 1 amide bonds. The monoisotopic (exact) mass is 374 g/mol. The highest BCUT2D eigenvalue weighted by molar-refractivity contribution is 9.10. The summed E-state index contributed by atoms with van der Waals surface area (Å²) in [5.74, 6) is -0.146. The fourth-order valence-corrected chi connectivity index (χ4v) is 3.63. The van der Waals surface area contributed by atoms with Gasteiger partial charge in [0, 0.05) is 35.9 Å². The number of nitrogens with zero attached hydrogens (tertiary/aromatic N) is 1. The Morgan fingerprint density at radius 1 is 1.29 bits per heavy atom. The van der Waals surface area contributed by atoms with Crippen LogP contribution in [0.4, 0.5) is 0 Å². The van der Waals surface area contributed by atoms with Gasteiger partial charge < -0.3 is 10.2 Å². The summed E-state index contributed by atoms with van der Waals surface area (Å²) in [6, 6.07) is 4.99. The van der Waals surface area contributed by atoms with Gasteiger partial charge in [-0.15, -0.1) is 0 Å². The maximum absolute atomic E-state index is 12.7. The van der Waals surface area contributed by atoms with E-state index in [0.717, 1.165) is 6.26 Å². The number of benzene rings is 1. The van der Waals surface area contributed by atoms with Gasteiger partial charge in [-0.05, 0) is 48.0 Å². The molecule has 5 nitrogen and oxygen atoms in total. The Kier molecular flexibility index (Phi) is 4.75. The Bertz CT molecular complexity index is 650. The van der Waals surface area contributed by atoms with Crippen molar-refractivity contribution in [1.82, 2.24) is 10.2 Å². The summed E-state index contributed by atoms with van der Waals surface area (Å²) in [7, 11) is -3.33. The zero-order chi connectivity index (χ0) is 15.8. The number of nitrogens with one attached hydrogen (secondary N) is 1. The molecule has 1 fully saturated rings. The molecule has 1 saturated heterocycles. The zero-order valence-electron chi connectivity index (χ0n) is 12.3. The Morgan fingerprint density at radius 2 is 1.86 bits per heavy atom. The average Bonchev–Trinajstić information content (AvgIpc) is 2.36. The van der Waals surface area contributed by atoms with Crippen molar-refractivity contribution in [2.45, 2.75) is 30.8 Å². The first-order valence-corrected chi connectivity index (χ1v) is 9.42. The van der Waals surface area contributed by atoms with Crippen LogP contribution in [0.25, 0.3) is 0 Å². The summed E-state index contributed by atoms with van der Waals surface area (Å²) in [5.41, 5.74) is 0.388. The SMILES string of the molecule is C[C@@H]1CN(C(=O)c2cc(S(C)(=O)=O)ccc2Br)C[C@H](C)N1. The van der Waals surface area contributed by atoms with Crippen molar-refractivity contribution >= 4 is 31.7 Å². The molecular formula is C14H19BrN2O3S. The predicted molar refractivity (Wildman–Crippen MR) is 85.2 cm³/mol. The van der Waals surface area contributed by atoms with Gasteiger partial charge in [-0.2, -0.15) is 0 Å². The third kappa shape index (κ3) is 3.84. The van der Waals surface area contributed by atoms with Crippen molar-refractivity contribution in [3.05, 3.63) is 28.2 Å². The van der Waals surface area contributed by atoms with E-state index in [9.17, 15) is 13.2 Å². The molecule has 0 spiro atoms. The van der Waals surface area contributed by atoms with Crippen molar-refractivity contribution < 1.29 is 13.2 Å². The van der Waals surface area contributed by atoms with Gasteiger partial charge in [0.2, 0.25) is 0 Å². The van der Waals surface area contributed by atoms with E-state index in [1.807, 2.05) is 13.8 Å². The van der Waals surface area contributed by atoms with Crippen molar-refractivity contribution in [2.24, 2.45) is 0 Å². The van der Waals surface area contributed by atoms with Gasteiger partial charge in [0.25, 0.3) is 5.91 Å². The molecule has 2 atom stereocenters. The summed E-state index contributed by atoms with van der Waals surface area (Å²) >= 11 is 3.34. The van der Waals surface area contributed by atoms with Crippen LogP contribution in [0.2, 0.25) is 0 Å². The number of carbonyl (C=O) groups excluding carboxylic acids is 1. The number of piperazine rings is 1. The Morgan fingerprint density at radius 3 is 2.38 bits per heavy atom. The van der Waals surface area contributed by atoms with Crippen LogP contribution in [-0.2, 0) is 9.84 Å². The highest BCUT2D eigenvalue weighted by Gasteiger charge is 2.27. The molecule has 0 saturated carbocycles. The van der Waals surface area contributed by atoms with Crippen molar-refractivity contribution in [3.8, 4) is 0 Å². The first-order chi connectivity index (χ1) is 9.68. The number of sulfone groups is 1. The fraction of sp³-hybridized carbons (Fsp3) is 0.500. The lowest BCUT2D eigenvalue weighted by Crippen LogP contribution is -2.55. The van der Waals surface area contributed by atoms with Crippen LogP contribution in [0, 0.1) is 0 Å². The second kappa shape index (κ2) is 6.06. The van der Waals surface area contributed by atoms with Crippen molar-refractivity contribution in [3.63, 3.8) is 0 Å². The highest BCUT2D eigenvalue weighted by atomic mass is 79.9. The molecule has 0 bridgehead atoms. The first-order valence-electron chi connectivity index (χ1n) is 6.73. The molecule has 1 N–H and O–H groups in total. The van der Waals surface area contributed by atoms with E-state index in [2.05, 4.69) is 21.2 Å². The smallest absolute Gasteiger partial charge is 0.255 e. The summed E-state index contributed by atoms with van der Waals surface area (Å²) < 4.78 is 23.9. The van der Waals surface area contributed by atoms with Crippen molar-refractivity contribution in [1.29, 1.82) is 0 Å². The van der Waals surface area contributed by atoms with E-state index in [4.69, 9.17) is 0 Å². The van der Waals surface area contributed by atoms with Gasteiger partial charge in [-0.1, -0.05) is 0 Å². The topological polar surface area (TPSA) is 66.5 Å². The van der Waals surface area contributed by atoms with Gasteiger partial charge in [0.05, 0.1) is 10.5 Å². The molecule has 1 aromatic carbocycles. The Balaban J connectivity index is 2.34. The fourth-order valence-electron chi connectivity index (χ4n) is 2.56. The van der Waals surface area contributed by atoms with Gasteiger partial charge in [-0.3, -0.25) is 4.79 Å². The molecule has 0 unspecified atom stereocenters. The molecule has 21 heavy (non-hydrogen) atoms. The Labute approximate surface area is 133 Å². The van der Waals surface area contributed by atoms with Crippen LogP contribution in [-0.4, -0.2) is 50.7 Å². The number of carbonyl (C=O) groups is 1. The van der Waals surface area contributed by atoms with Gasteiger partial charge in [0.1, 0.15) is 0 Å². The van der Waals surface area contributed by atoms with E-state index in [1.54, 1.807) is 11.0 Å². The minimum absolute atomic E-state index is 0.146. The largest absolute Gasteiger partial charge is 0.336 e. The van der Waals surface area contributed by atoms with E-state index >= 15 is 0 Å². The molecule has 0 aromatic heterocycles. The van der Waals surface area contributed by atoms with E-state index in [0.29, 0.717) is 23.1 Å². The van der Waals surface area contributed by atoms with E-state index < -0.39 is 9.84 Å². The molecule has 116 valence electrons. The number of halogens is 1. The van der Waals surface area contributed by atoms with Crippen LogP contribution in [0.15, 0.2) is 27.6 Å². The Hall–Kier alpha value is -0.920. The highest BCUT2D eigenvalue weighted by Crippen LogP contribution is 2.23. The molecule has 0 radical (unpaired) electrons. The molecule has 0 aliphatic carbocycles. The van der Waals surface area contributed by atoms with Crippen LogP contribution >= 0.6 is 15.9 Å². The summed E-state index contributed by atoms with van der Waals surface area (Å²) in [6.45, 7) is 5.27. The maximum atomic E-state index is 12.7. The number of rotatable bonds is 2. The van der Waals surface area contributed by atoms with Crippen molar-refractivity contribution in [2.75, 3.05) is 19.3 Å². The predicted octanol–water partition coefficient (Wildman–Crippen LogP) is 1.68. The first kappa shape index (κ1) is 16.5. The standard InChI is InChI=1S/C14H19BrN2O3S/c1-9-7-17(8-10(2)16-9)14(18)12-6-11(21(3,19)20)4-5-13(12)15/h4-6,9-10,16H,7-8H2,1-3H3/t9-,10+. The number of amides is 1. The molecule has 2 rings (SSSR count). The molecule has 1 heterocycles. The zero-order valence-corrected chi connectivity index (χ0v) is 14.7. The van der Waals surface area contributed by atoms with Crippen LogP contribution in [0.5, 0.6) is 0 Å². The lowest BCUT2D eigenvalue weighted by atomic mass is 10.1. The molecular weight excluding hydrogens is 356 g/mol. The maximum Gasteiger partial charge on any atom is 0.255 e. The van der Waals surface area contributed by atoms with Crippen LogP contribution in [0.1, 0.15) is 24.2 Å². The second-order valence-electron chi connectivity index (χ2n) is 5.59. The summed E-state index contributed by atoms with van der Waals surface area (Å²) in [5, 5.41) is 3.36. The quantitative estimate of drug-likeness (QED) is 0.854. The van der Waals surface area contributed by atoms with Crippen LogP contribution < -0.4 is 5.32 Å². The third-order valence-corrected chi connectivity index (χ3v) is 5.24. The summed E-state index contributed by atoms with van der Waals surface area (Å²) in [6.07, 6.45) is 1.14. The number of hydrogen-bond acceptors (Lipinski definition) is 4. The lowest BCUT2D eigenvalue weighted by Gasteiger charge is -2.36. The normalized spacial score (nSPS) is 23.1. The molecule has 1 aromatic rings. The van der Waals surface area contributed by atoms with Crippen LogP contribution in [0.3, 0.4) is 0 Å². The summed E-state index contributed by atoms with van der Waals surface area (Å²) in [4.78, 5) is 14.6. The number of hydrogen-bond donors (Lipinski definition) is 1. The van der Waals surface area contributed by atoms with Gasteiger partial charge >= 0.3 is 0 Å². The average molecular weight is 375 g/mol. The van der Waals surface area contributed by atoms with Gasteiger partial charge in [0.15, 0.2) is 9.84 Å². The molecule has 7 heteroatoms. The van der Waals surface area contributed by atoms with E-state index in [-0.39, 0.29) is 22.9 Å². The third-order valence-electron chi connectivity index (χ3n) is 3.44. The van der Waals surface area contributed by atoms with Gasteiger partial charge in [-0.25, -0.2) is 8.42 Å². The minimum Gasteiger partial charge on any atom is -0.336 e. The molecule has 1 aliphatic rings. The lowest BCUT2D eigenvalue weighted by molar-refractivity contribution is 0.0672. The van der Waals surface area contributed by atoms with E-state index in [1.165, 1.54) is 12.1 Å².